The molecule has 32 heavy (non-hydrogen) atoms. The third-order valence-corrected chi connectivity index (χ3v) is 15.8. The lowest BCUT2D eigenvalue weighted by atomic mass is 10.2. The molecule has 12 heteroatoms. The van der Waals surface area contributed by atoms with E-state index in [1.54, 1.807) is 0 Å². The molecule has 0 amide bonds. The first-order valence-corrected chi connectivity index (χ1v) is 20.0. The fourth-order valence-electron chi connectivity index (χ4n) is 3.05. The molecule has 0 aliphatic carbocycles. The van der Waals surface area contributed by atoms with E-state index < -0.39 is 17.6 Å². The standard InChI is InChI=1S/C20H46O6S4Si2/c1-8-21-31(22-9-2,23-10-3)15-13-19(6)17-28-30-29-20(7)14-16-32(24-11-4,25-12-5)26-18-27/h19-20,27H,8-18H2,1-7H3. The van der Waals surface area contributed by atoms with Gasteiger partial charge in [-0.25, -0.2) is 0 Å². The first kappa shape index (κ1) is 33.6. The second-order valence-electron chi connectivity index (χ2n) is 7.25. The van der Waals surface area contributed by atoms with Crippen LogP contribution in [0.15, 0.2) is 0 Å². The highest BCUT2D eigenvalue weighted by Gasteiger charge is 2.41. The van der Waals surface area contributed by atoms with Gasteiger partial charge in [0.1, 0.15) is 0 Å². The predicted molar refractivity (Wildman–Crippen MR) is 150 cm³/mol. The van der Waals surface area contributed by atoms with E-state index >= 15 is 0 Å². The summed E-state index contributed by atoms with van der Waals surface area (Å²) in [5.74, 6) is 2.01. The summed E-state index contributed by atoms with van der Waals surface area (Å²) in [6.45, 7) is 17.6. The smallest absolute Gasteiger partial charge is 0.374 e. The summed E-state index contributed by atoms with van der Waals surface area (Å²) in [6, 6.07) is 1.70. The van der Waals surface area contributed by atoms with Gasteiger partial charge in [0.15, 0.2) is 0 Å². The Morgan fingerprint density at radius 3 is 1.56 bits per heavy atom. The molecule has 0 rings (SSSR count). The zero-order chi connectivity index (χ0) is 24.3. The zero-order valence-electron chi connectivity index (χ0n) is 21.1. The first-order chi connectivity index (χ1) is 15.4. The Kier molecular flexibility index (Phi) is 21.8. The van der Waals surface area contributed by atoms with E-state index in [1.807, 2.05) is 66.0 Å². The molecule has 6 nitrogen and oxygen atoms in total. The van der Waals surface area contributed by atoms with Crippen molar-refractivity contribution in [1.82, 2.24) is 0 Å². The van der Waals surface area contributed by atoms with Crippen LogP contribution in [0.25, 0.3) is 0 Å². The minimum atomic E-state index is -2.61. The Balaban J connectivity index is 4.33. The van der Waals surface area contributed by atoms with Gasteiger partial charge in [0.05, 0.1) is 5.94 Å². The summed E-state index contributed by atoms with van der Waals surface area (Å²) >= 11 is 4.22. The van der Waals surface area contributed by atoms with Gasteiger partial charge in [-0.1, -0.05) is 35.4 Å². The Bertz CT molecular complexity index is 371. The average molecular weight is 567 g/mol. The molecule has 0 aromatic rings. The summed E-state index contributed by atoms with van der Waals surface area (Å²) in [5, 5.41) is 0.494. The van der Waals surface area contributed by atoms with E-state index in [0.29, 0.717) is 50.1 Å². The number of hydrogen-bond acceptors (Lipinski definition) is 10. The Labute approximate surface area is 216 Å². The average Bonchev–Trinajstić information content (AvgIpc) is 2.75. The van der Waals surface area contributed by atoms with Gasteiger partial charge >= 0.3 is 17.6 Å². The van der Waals surface area contributed by atoms with Crippen LogP contribution in [-0.2, 0) is 26.6 Å². The monoisotopic (exact) mass is 566 g/mol. The van der Waals surface area contributed by atoms with Crippen LogP contribution in [0.1, 0.15) is 61.3 Å². The Hall–Kier alpha value is 1.59. The molecule has 194 valence electrons. The second kappa shape index (κ2) is 20.8. The molecular formula is C20H46O6S4Si2. The molecule has 2 unspecified atom stereocenters. The Morgan fingerprint density at radius 1 is 0.688 bits per heavy atom. The summed E-state index contributed by atoms with van der Waals surface area (Å²) in [7, 11) is 0.565. The third kappa shape index (κ3) is 14.9. The van der Waals surface area contributed by atoms with Crippen molar-refractivity contribution < 1.29 is 26.6 Å². The third-order valence-electron chi connectivity index (χ3n) is 4.51. The molecule has 2 atom stereocenters. The van der Waals surface area contributed by atoms with Gasteiger partial charge in [-0.05, 0) is 63.2 Å². The van der Waals surface area contributed by atoms with Crippen LogP contribution >= 0.6 is 44.0 Å². The molecule has 0 bridgehead atoms. The quantitative estimate of drug-likeness (QED) is 0.0474. The topological polar surface area (TPSA) is 55.4 Å². The van der Waals surface area contributed by atoms with Crippen molar-refractivity contribution >= 4 is 61.7 Å². The van der Waals surface area contributed by atoms with Crippen LogP contribution in [-0.4, -0.2) is 67.6 Å². The molecule has 0 spiro atoms. The van der Waals surface area contributed by atoms with Crippen molar-refractivity contribution in [1.29, 1.82) is 0 Å². The fraction of sp³-hybridized carbons (Fsp3) is 1.00. The van der Waals surface area contributed by atoms with Crippen molar-refractivity contribution in [3.05, 3.63) is 0 Å². The predicted octanol–water partition coefficient (Wildman–Crippen LogP) is 6.79. The van der Waals surface area contributed by atoms with Gasteiger partial charge in [0.25, 0.3) is 0 Å². The largest absolute Gasteiger partial charge is 0.501 e. The zero-order valence-corrected chi connectivity index (χ0v) is 26.4. The summed E-state index contributed by atoms with van der Waals surface area (Å²) in [4.78, 5) is 0. The number of thiol groups is 1. The molecule has 0 aliphatic heterocycles. The molecular weight excluding hydrogens is 521 g/mol. The van der Waals surface area contributed by atoms with Crippen LogP contribution in [0.2, 0.25) is 12.1 Å². The van der Waals surface area contributed by atoms with Crippen molar-refractivity contribution in [3.8, 4) is 0 Å². The van der Waals surface area contributed by atoms with E-state index in [2.05, 4.69) is 26.5 Å². The van der Waals surface area contributed by atoms with E-state index in [9.17, 15) is 0 Å². The normalized spacial score (nSPS) is 14.6. The highest BCUT2D eigenvalue weighted by atomic mass is 33.5. The van der Waals surface area contributed by atoms with Crippen molar-refractivity contribution in [2.45, 2.75) is 78.6 Å². The van der Waals surface area contributed by atoms with Gasteiger partial charge in [-0.2, -0.15) is 12.6 Å². The lowest BCUT2D eigenvalue weighted by Gasteiger charge is -2.29. The maximum absolute atomic E-state index is 5.97. The minimum Gasteiger partial charge on any atom is -0.374 e. The van der Waals surface area contributed by atoms with Gasteiger partial charge in [-0.15, -0.1) is 0 Å². The Morgan fingerprint density at radius 2 is 1.12 bits per heavy atom. The summed E-state index contributed by atoms with van der Waals surface area (Å²) in [6.07, 6.45) is 2.05. The van der Waals surface area contributed by atoms with E-state index in [0.717, 1.165) is 30.7 Å². The van der Waals surface area contributed by atoms with Crippen LogP contribution < -0.4 is 0 Å². The maximum Gasteiger partial charge on any atom is 0.501 e. The minimum absolute atomic E-state index is 0.330. The lowest BCUT2D eigenvalue weighted by molar-refractivity contribution is 0.0699. The fourth-order valence-corrected chi connectivity index (χ4v) is 14.0. The SMILES string of the molecule is CCO[Si](CCC(C)CSSSC(C)CC[Si](OCC)(OCC)OCS)(OCC)OCC. The molecule has 0 saturated carbocycles. The first-order valence-electron chi connectivity index (χ1n) is 11.8. The molecule has 0 saturated heterocycles. The van der Waals surface area contributed by atoms with E-state index in [4.69, 9.17) is 26.6 Å². The molecule has 0 aliphatic rings. The van der Waals surface area contributed by atoms with Gasteiger partial charge in [0.2, 0.25) is 0 Å². The van der Waals surface area contributed by atoms with E-state index in [-0.39, 0.29) is 0 Å². The number of rotatable bonds is 23. The molecule has 0 heterocycles. The highest BCUT2D eigenvalue weighted by Crippen LogP contribution is 2.41. The van der Waals surface area contributed by atoms with Gasteiger partial charge in [0, 0.05) is 56.1 Å². The molecule has 0 fully saturated rings. The molecule has 0 aromatic carbocycles. The number of hydrogen-bond donors (Lipinski definition) is 1. The van der Waals surface area contributed by atoms with Crippen molar-refractivity contribution in [3.63, 3.8) is 0 Å². The van der Waals surface area contributed by atoms with Gasteiger partial charge < -0.3 is 26.6 Å². The second-order valence-corrected chi connectivity index (χ2v) is 17.6. The highest BCUT2D eigenvalue weighted by molar-refractivity contribution is 9.09. The summed E-state index contributed by atoms with van der Waals surface area (Å²) in [5.41, 5.74) is 0. The summed E-state index contributed by atoms with van der Waals surface area (Å²) < 4.78 is 35.6. The lowest BCUT2D eigenvalue weighted by Crippen LogP contribution is -2.46. The maximum atomic E-state index is 5.97. The van der Waals surface area contributed by atoms with Crippen LogP contribution in [0.5, 0.6) is 0 Å². The van der Waals surface area contributed by atoms with Crippen LogP contribution in [0, 0.1) is 5.92 Å². The van der Waals surface area contributed by atoms with Crippen LogP contribution in [0.4, 0.5) is 0 Å². The van der Waals surface area contributed by atoms with Crippen molar-refractivity contribution in [2.24, 2.45) is 5.92 Å². The van der Waals surface area contributed by atoms with Crippen LogP contribution in [0.3, 0.4) is 0 Å². The molecule has 0 N–H and O–H groups in total. The molecule has 0 aromatic heterocycles. The van der Waals surface area contributed by atoms with Crippen molar-refractivity contribution in [2.75, 3.05) is 44.7 Å². The molecule has 0 radical (unpaired) electrons. The van der Waals surface area contributed by atoms with Gasteiger partial charge in [-0.3, -0.25) is 0 Å². The van der Waals surface area contributed by atoms with E-state index in [1.165, 1.54) is 0 Å².